The quantitative estimate of drug-likeness (QED) is 0.626. The molecule has 0 aliphatic heterocycles. The summed E-state index contributed by atoms with van der Waals surface area (Å²) in [5.41, 5.74) is 1.63. The Balaban J connectivity index is 1.99. The normalized spacial score (nSPS) is 10.3. The van der Waals surface area contributed by atoms with Crippen LogP contribution in [0.2, 0.25) is 5.02 Å². The Morgan fingerprint density at radius 3 is 2.41 bits per heavy atom. The van der Waals surface area contributed by atoms with Gasteiger partial charge in [0.2, 0.25) is 5.91 Å². The van der Waals surface area contributed by atoms with E-state index in [0.29, 0.717) is 11.6 Å². The molecule has 0 aromatic heterocycles. The van der Waals surface area contributed by atoms with Gasteiger partial charge in [-0.05, 0) is 17.2 Å². The Morgan fingerprint density at radius 2 is 1.82 bits per heavy atom. The molecule has 2 aromatic rings. The minimum atomic E-state index is -0.463. The fourth-order valence-corrected chi connectivity index (χ4v) is 2.21. The second-order valence-electron chi connectivity index (χ2n) is 4.94. The molecule has 114 valence electrons. The summed E-state index contributed by atoms with van der Waals surface area (Å²) < 4.78 is 0. The van der Waals surface area contributed by atoms with Crippen LogP contribution in [0.5, 0.6) is 0 Å². The van der Waals surface area contributed by atoms with E-state index in [-0.39, 0.29) is 18.0 Å². The van der Waals surface area contributed by atoms with Gasteiger partial charge in [-0.2, -0.15) is 0 Å². The van der Waals surface area contributed by atoms with Crippen molar-refractivity contribution in [2.45, 2.75) is 13.0 Å². The highest BCUT2D eigenvalue weighted by Gasteiger charge is 2.12. The van der Waals surface area contributed by atoms with E-state index in [9.17, 15) is 14.9 Å². The number of likely N-dealkylation sites (N-methyl/N-ethyl adjacent to an activating group) is 1. The molecule has 22 heavy (non-hydrogen) atoms. The Bertz CT molecular complexity index is 686. The van der Waals surface area contributed by atoms with Crippen LogP contribution in [-0.4, -0.2) is 22.8 Å². The van der Waals surface area contributed by atoms with Gasteiger partial charge in [-0.1, -0.05) is 41.9 Å². The third-order valence-corrected chi connectivity index (χ3v) is 3.66. The molecule has 0 atom stereocenters. The maximum atomic E-state index is 12.2. The van der Waals surface area contributed by atoms with Gasteiger partial charge in [0.05, 0.1) is 11.3 Å². The van der Waals surface area contributed by atoms with Gasteiger partial charge in [-0.3, -0.25) is 14.9 Å². The monoisotopic (exact) mass is 318 g/mol. The number of nitro benzene ring substituents is 1. The number of amides is 1. The lowest BCUT2D eigenvalue weighted by Gasteiger charge is -2.18. The van der Waals surface area contributed by atoms with Gasteiger partial charge in [0.15, 0.2) is 0 Å². The Kier molecular flexibility index (Phi) is 5.12. The van der Waals surface area contributed by atoms with E-state index in [0.717, 1.165) is 11.1 Å². The van der Waals surface area contributed by atoms with E-state index in [1.54, 1.807) is 30.1 Å². The first-order chi connectivity index (χ1) is 10.5. The summed E-state index contributed by atoms with van der Waals surface area (Å²) in [7, 11) is 1.71. The molecule has 0 bridgehead atoms. The van der Waals surface area contributed by atoms with Crippen LogP contribution >= 0.6 is 11.6 Å². The summed E-state index contributed by atoms with van der Waals surface area (Å²) in [5, 5.41) is 11.2. The molecule has 0 aliphatic carbocycles. The first-order valence-electron chi connectivity index (χ1n) is 6.68. The molecule has 0 radical (unpaired) electrons. The molecule has 0 heterocycles. The van der Waals surface area contributed by atoms with Crippen LogP contribution in [-0.2, 0) is 17.8 Å². The second kappa shape index (κ2) is 7.04. The molecule has 6 heteroatoms. The molecule has 0 aliphatic rings. The van der Waals surface area contributed by atoms with Crippen LogP contribution in [0.1, 0.15) is 11.1 Å². The Hall–Kier alpha value is -2.40. The van der Waals surface area contributed by atoms with Crippen LogP contribution < -0.4 is 0 Å². The largest absolute Gasteiger partial charge is 0.341 e. The van der Waals surface area contributed by atoms with Crippen LogP contribution in [0.4, 0.5) is 5.69 Å². The molecule has 1 amide bonds. The fraction of sp³-hybridized carbons (Fsp3) is 0.188. The van der Waals surface area contributed by atoms with E-state index in [1.807, 2.05) is 18.2 Å². The predicted octanol–water partition coefficient (Wildman–Crippen LogP) is 3.45. The zero-order valence-electron chi connectivity index (χ0n) is 12.0. The topological polar surface area (TPSA) is 63.5 Å². The first kappa shape index (κ1) is 16.0. The minimum absolute atomic E-state index is 0.0145. The van der Waals surface area contributed by atoms with Crippen molar-refractivity contribution in [1.29, 1.82) is 0 Å². The molecule has 0 fully saturated rings. The number of nitrogens with zero attached hydrogens (tertiary/aromatic N) is 2. The predicted molar refractivity (Wildman–Crippen MR) is 84.7 cm³/mol. The molecule has 0 saturated heterocycles. The lowest BCUT2D eigenvalue weighted by molar-refractivity contribution is -0.384. The van der Waals surface area contributed by atoms with E-state index in [4.69, 9.17) is 11.6 Å². The lowest BCUT2D eigenvalue weighted by atomic mass is 10.1. The number of benzene rings is 2. The highest BCUT2D eigenvalue weighted by Crippen LogP contribution is 2.17. The zero-order valence-corrected chi connectivity index (χ0v) is 12.8. The van der Waals surface area contributed by atoms with Gasteiger partial charge >= 0.3 is 0 Å². The van der Waals surface area contributed by atoms with Gasteiger partial charge in [0.1, 0.15) is 0 Å². The number of nitro groups is 1. The maximum Gasteiger partial charge on any atom is 0.269 e. The maximum absolute atomic E-state index is 12.2. The standard InChI is InChI=1S/C16H15ClN2O3/c1-18(11-13-4-2-3-5-15(13)17)16(20)10-12-6-8-14(9-7-12)19(21)22/h2-9H,10-11H2,1H3. The van der Waals surface area contributed by atoms with E-state index in [2.05, 4.69) is 0 Å². The van der Waals surface area contributed by atoms with Crippen LogP contribution in [0.3, 0.4) is 0 Å². The number of halogens is 1. The van der Waals surface area contributed by atoms with Crippen LogP contribution in [0, 0.1) is 10.1 Å². The van der Waals surface area contributed by atoms with Crippen molar-refractivity contribution in [3.63, 3.8) is 0 Å². The molecule has 0 N–H and O–H groups in total. The lowest BCUT2D eigenvalue weighted by Crippen LogP contribution is -2.27. The number of rotatable bonds is 5. The summed E-state index contributed by atoms with van der Waals surface area (Å²) in [6.45, 7) is 0.422. The van der Waals surface area contributed by atoms with Gasteiger partial charge in [-0.25, -0.2) is 0 Å². The first-order valence-corrected chi connectivity index (χ1v) is 7.06. The van der Waals surface area contributed by atoms with Crippen molar-refractivity contribution >= 4 is 23.2 Å². The van der Waals surface area contributed by atoms with Crippen molar-refractivity contribution < 1.29 is 9.72 Å². The summed E-state index contributed by atoms with van der Waals surface area (Å²) in [6, 6.07) is 13.4. The summed E-state index contributed by atoms with van der Waals surface area (Å²) in [4.78, 5) is 23.9. The highest BCUT2D eigenvalue weighted by atomic mass is 35.5. The van der Waals surface area contributed by atoms with Crippen LogP contribution in [0.15, 0.2) is 48.5 Å². The average Bonchev–Trinajstić information content (AvgIpc) is 2.50. The van der Waals surface area contributed by atoms with Crippen molar-refractivity contribution in [2.75, 3.05) is 7.05 Å². The SMILES string of the molecule is CN(Cc1ccccc1Cl)C(=O)Cc1ccc([N+](=O)[O-])cc1. The number of non-ortho nitro benzene ring substituents is 1. The van der Waals surface area contributed by atoms with Crippen molar-refractivity contribution in [3.05, 3.63) is 74.8 Å². The number of carbonyl (C=O) groups excluding carboxylic acids is 1. The average molecular weight is 319 g/mol. The fourth-order valence-electron chi connectivity index (χ4n) is 2.02. The third kappa shape index (κ3) is 4.05. The third-order valence-electron chi connectivity index (χ3n) is 3.29. The van der Waals surface area contributed by atoms with Gasteiger partial charge in [0, 0.05) is 30.7 Å². The summed E-state index contributed by atoms with van der Waals surface area (Å²) >= 11 is 6.08. The van der Waals surface area contributed by atoms with Gasteiger partial charge in [-0.15, -0.1) is 0 Å². The highest BCUT2D eigenvalue weighted by molar-refractivity contribution is 6.31. The van der Waals surface area contributed by atoms with Crippen molar-refractivity contribution in [2.24, 2.45) is 0 Å². The van der Waals surface area contributed by atoms with E-state index < -0.39 is 4.92 Å². The molecule has 0 unspecified atom stereocenters. The van der Waals surface area contributed by atoms with Crippen molar-refractivity contribution in [1.82, 2.24) is 4.90 Å². The van der Waals surface area contributed by atoms with Gasteiger partial charge in [0.25, 0.3) is 5.69 Å². The number of hydrogen-bond donors (Lipinski definition) is 0. The summed E-state index contributed by atoms with van der Waals surface area (Å²) in [6.07, 6.45) is 0.193. The van der Waals surface area contributed by atoms with Gasteiger partial charge < -0.3 is 4.90 Å². The second-order valence-corrected chi connectivity index (χ2v) is 5.35. The smallest absolute Gasteiger partial charge is 0.269 e. The molecule has 0 spiro atoms. The zero-order chi connectivity index (χ0) is 16.1. The molecule has 2 aromatic carbocycles. The van der Waals surface area contributed by atoms with Crippen LogP contribution in [0.25, 0.3) is 0 Å². The summed E-state index contributed by atoms with van der Waals surface area (Å²) in [5.74, 6) is -0.0752. The van der Waals surface area contributed by atoms with Crippen molar-refractivity contribution in [3.8, 4) is 0 Å². The van der Waals surface area contributed by atoms with E-state index >= 15 is 0 Å². The number of hydrogen-bond acceptors (Lipinski definition) is 3. The number of carbonyl (C=O) groups is 1. The van der Waals surface area contributed by atoms with E-state index in [1.165, 1.54) is 12.1 Å². The molecule has 0 saturated carbocycles. The molecule has 5 nitrogen and oxygen atoms in total. The Labute approximate surface area is 133 Å². The Morgan fingerprint density at radius 1 is 1.18 bits per heavy atom. The molecular formula is C16H15ClN2O3. The molecular weight excluding hydrogens is 304 g/mol. The minimum Gasteiger partial charge on any atom is -0.341 e. The molecule has 2 rings (SSSR count).